The van der Waals surface area contributed by atoms with Gasteiger partial charge in [0, 0.05) is 17.1 Å². The van der Waals surface area contributed by atoms with Crippen molar-refractivity contribution in [2.75, 3.05) is 12.4 Å². The molecule has 0 spiro atoms. The van der Waals surface area contributed by atoms with Gasteiger partial charge in [-0.3, -0.25) is 4.79 Å². The molecule has 4 rings (SSSR count). The Morgan fingerprint density at radius 1 is 1.17 bits per heavy atom. The monoisotopic (exact) mass is 423 g/mol. The first-order chi connectivity index (χ1) is 14.5. The topological polar surface area (TPSA) is 55.3 Å². The van der Waals surface area contributed by atoms with Gasteiger partial charge in [0.15, 0.2) is 5.50 Å². The van der Waals surface area contributed by atoms with Gasteiger partial charge < -0.3 is 19.9 Å². The molecule has 1 aliphatic rings. The third kappa shape index (κ3) is 3.93. The zero-order chi connectivity index (χ0) is 21.3. The minimum absolute atomic E-state index is 0.178. The van der Waals surface area contributed by atoms with Gasteiger partial charge in [0.1, 0.15) is 11.6 Å². The number of aryl methyl sites for hydroxylation is 1. The number of anilines is 1. The summed E-state index contributed by atoms with van der Waals surface area (Å²) >= 11 is 1.34. The number of hydrogen-bond donors (Lipinski definition) is 2. The predicted molar refractivity (Wildman–Crippen MR) is 119 cm³/mol. The Kier molecular flexibility index (Phi) is 5.55. The number of amides is 1. The number of carbonyl (C=O) groups excluding carboxylic acids is 1. The maximum absolute atomic E-state index is 13.9. The summed E-state index contributed by atoms with van der Waals surface area (Å²) in [4.78, 5) is 13.0. The van der Waals surface area contributed by atoms with Crippen LogP contribution < -0.4 is 15.4 Å². The molecule has 1 aromatic heterocycles. The van der Waals surface area contributed by atoms with Crippen LogP contribution in [-0.4, -0.2) is 23.1 Å². The van der Waals surface area contributed by atoms with Gasteiger partial charge in [-0.05, 0) is 68.0 Å². The standard InChI is InChI=1S/C23H22FN3O2S/c1-14-12-16(15(2)27(14)17-8-10-18(29-3)11-9-17)13-21-22(28)26-23(30-21)25-20-7-5-4-6-19(20)24/h4-13,23,25H,1-3H3,(H,26,28)/b21-13-. The van der Waals surface area contributed by atoms with Gasteiger partial charge in [0.2, 0.25) is 0 Å². The van der Waals surface area contributed by atoms with Crippen LogP contribution >= 0.6 is 11.8 Å². The maximum Gasteiger partial charge on any atom is 0.260 e. The molecule has 2 heterocycles. The second kappa shape index (κ2) is 8.28. The number of hydrogen-bond acceptors (Lipinski definition) is 4. The van der Waals surface area contributed by atoms with E-state index in [1.807, 2.05) is 44.2 Å². The Morgan fingerprint density at radius 3 is 2.60 bits per heavy atom. The van der Waals surface area contributed by atoms with Crippen molar-refractivity contribution >= 4 is 29.4 Å². The molecule has 3 aromatic rings. The van der Waals surface area contributed by atoms with E-state index in [4.69, 9.17) is 4.74 Å². The lowest BCUT2D eigenvalue weighted by Gasteiger charge is -2.13. The van der Waals surface area contributed by atoms with E-state index in [9.17, 15) is 9.18 Å². The van der Waals surface area contributed by atoms with Crippen molar-refractivity contribution in [3.8, 4) is 11.4 Å². The average molecular weight is 424 g/mol. The number of ether oxygens (including phenoxy) is 1. The lowest BCUT2D eigenvalue weighted by Crippen LogP contribution is -2.31. The number of methoxy groups -OCH3 is 1. The van der Waals surface area contributed by atoms with E-state index >= 15 is 0 Å². The fourth-order valence-corrected chi connectivity index (χ4v) is 4.46. The molecule has 1 atom stereocenters. The molecule has 0 radical (unpaired) electrons. The minimum Gasteiger partial charge on any atom is -0.497 e. The SMILES string of the molecule is COc1ccc(-n2c(C)cc(/C=C3\SC(Nc4ccccc4F)NC3=O)c2C)cc1. The molecular formula is C23H22FN3O2S. The van der Waals surface area contributed by atoms with E-state index in [1.54, 1.807) is 25.3 Å². The van der Waals surface area contributed by atoms with Crippen molar-refractivity contribution < 1.29 is 13.9 Å². The number of aromatic nitrogens is 1. The van der Waals surface area contributed by atoms with Gasteiger partial charge in [0.05, 0.1) is 17.7 Å². The molecule has 0 saturated carbocycles. The molecule has 1 aliphatic heterocycles. The summed E-state index contributed by atoms with van der Waals surface area (Å²) in [7, 11) is 1.64. The number of rotatable bonds is 5. The van der Waals surface area contributed by atoms with E-state index < -0.39 is 5.50 Å². The number of para-hydroxylation sites is 1. The molecule has 2 aromatic carbocycles. The highest BCUT2D eigenvalue weighted by Crippen LogP contribution is 2.32. The van der Waals surface area contributed by atoms with Crippen molar-refractivity contribution in [3.63, 3.8) is 0 Å². The maximum atomic E-state index is 13.9. The van der Waals surface area contributed by atoms with Crippen LogP contribution in [0.15, 0.2) is 59.5 Å². The summed E-state index contributed by atoms with van der Waals surface area (Å²) in [5.41, 5.74) is 4.02. The third-order valence-electron chi connectivity index (χ3n) is 4.98. The second-order valence-corrected chi connectivity index (χ2v) is 8.11. The molecule has 7 heteroatoms. The molecule has 0 bridgehead atoms. The van der Waals surface area contributed by atoms with Crippen molar-refractivity contribution in [2.24, 2.45) is 0 Å². The summed E-state index contributed by atoms with van der Waals surface area (Å²) in [6.07, 6.45) is 1.88. The van der Waals surface area contributed by atoms with Crippen LogP contribution in [0.1, 0.15) is 17.0 Å². The molecular weight excluding hydrogens is 401 g/mol. The van der Waals surface area contributed by atoms with Gasteiger partial charge in [-0.2, -0.15) is 0 Å². The van der Waals surface area contributed by atoms with Crippen LogP contribution in [0.25, 0.3) is 11.8 Å². The minimum atomic E-state index is -0.425. The number of carbonyl (C=O) groups is 1. The van der Waals surface area contributed by atoms with Crippen LogP contribution in [-0.2, 0) is 4.79 Å². The number of halogens is 1. The highest BCUT2D eigenvalue weighted by Gasteiger charge is 2.28. The molecule has 1 fully saturated rings. The lowest BCUT2D eigenvalue weighted by atomic mass is 10.2. The van der Waals surface area contributed by atoms with E-state index in [0.717, 1.165) is 28.4 Å². The van der Waals surface area contributed by atoms with E-state index in [2.05, 4.69) is 21.3 Å². The Bertz CT molecular complexity index is 1120. The van der Waals surface area contributed by atoms with Gasteiger partial charge in [-0.25, -0.2) is 4.39 Å². The van der Waals surface area contributed by atoms with Gasteiger partial charge in [0.25, 0.3) is 5.91 Å². The molecule has 2 N–H and O–H groups in total. The summed E-state index contributed by atoms with van der Waals surface area (Å²) < 4.78 is 21.3. The Morgan fingerprint density at radius 2 is 1.90 bits per heavy atom. The second-order valence-electron chi connectivity index (χ2n) is 6.96. The number of thioether (sulfide) groups is 1. The first kappa shape index (κ1) is 20.1. The van der Waals surface area contributed by atoms with E-state index in [1.165, 1.54) is 17.8 Å². The molecule has 1 amide bonds. The summed E-state index contributed by atoms with van der Waals surface area (Å²) in [5, 5.41) is 5.86. The Balaban J connectivity index is 1.57. The molecule has 5 nitrogen and oxygen atoms in total. The van der Waals surface area contributed by atoms with Gasteiger partial charge in [-0.1, -0.05) is 23.9 Å². The summed E-state index contributed by atoms with van der Waals surface area (Å²) in [6.45, 7) is 4.06. The van der Waals surface area contributed by atoms with Crippen molar-refractivity contribution in [1.29, 1.82) is 0 Å². The van der Waals surface area contributed by atoms with Crippen molar-refractivity contribution in [1.82, 2.24) is 9.88 Å². The van der Waals surface area contributed by atoms with Crippen molar-refractivity contribution in [3.05, 3.63) is 82.3 Å². The first-order valence-electron chi connectivity index (χ1n) is 9.50. The zero-order valence-corrected chi connectivity index (χ0v) is 17.7. The quantitative estimate of drug-likeness (QED) is 0.577. The van der Waals surface area contributed by atoms with E-state index in [0.29, 0.717) is 10.6 Å². The molecule has 1 saturated heterocycles. The van der Waals surface area contributed by atoms with Crippen LogP contribution in [0.4, 0.5) is 10.1 Å². The molecule has 0 aliphatic carbocycles. The number of nitrogens with zero attached hydrogens (tertiary/aromatic N) is 1. The van der Waals surface area contributed by atoms with Crippen molar-refractivity contribution in [2.45, 2.75) is 19.3 Å². The fraction of sp³-hybridized carbons (Fsp3) is 0.174. The Labute approximate surface area is 178 Å². The molecule has 154 valence electrons. The normalized spacial score (nSPS) is 17.3. The third-order valence-corrected chi connectivity index (χ3v) is 6.01. The smallest absolute Gasteiger partial charge is 0.260 e. The first-order valence-corrected chi connectivity index (χ1v) is 10.4. The number of nitrogens with one attached hydrogen (secondary N) is 2. The zero-order valence-electron chi connectivity index (χ0n) is 16.9. The molecule has 30 heavy (non-hydrogen) atoms. The highest BCUT2D eigenvalue weighted by atomic mass is 32.2. The lowest BCUT2D eigenvalue weighted by molar-refractivity contribution is -0.116. The van der Waals surface area contributed by atoms with Crippen LogP contribution in [0, 0.1) is 19.7 Å². The number of benzene rings is 2. The predicted octanol–water partition coefficient (Wildman–Crippen LogP) is 4.84. The largest absolute Gasteiger partial charge is 0.497 e. The van der Waals surface area contributed by atoms with Gasteiger partial charge >= 0.3 is 0 Å². The molecule has 1 unspecified atom stereocenters. The summed E-state index contributed by atoms with van der Waals surface area (Å²) in [6, 6.07) is 16.3. The highest BCUT2D eigenvalue weighted by molar-refractivity contribution is 8.05. The average Bonchev–Trinajstić information content (AvgIpc) is 3.22. The van der Waals surface area contributed by atoms with Gasteiger partial charge in [-0.15, -0.1) is 0 Å². The van der Waals surface area contributed by atoms with E-state index in [-0.39, 0.29) is 11.7 Å². The fourth-order valence-electron chi connectivity index (χ4n) is 3.49. The Hall–Kier alpha value is -3.19. The summed E-state index contributed by atoms with van der Waals surface area (Å²) in [5.74, 6) is 0.270. The van der Waals surface area contributed by atoms with Crippen LogP contribution in [0.3, 0.4) is 0 Å². The van der Waals surface area contributed by atoms with Crippen LogP contribution in [0.5, 0.6) is 5.75 Å². The van der Waals surface area contributed by atoms with Crippen LogP contribution in [0.2, 0.25) is 0 Å².